The Balaban J connectivity index is 2.01. The monoisotopic (exact) mass is 176 g/mol. The highest BCUT2D eigenvalue weighted by Gasteiger charge is 2.44. The van der Waals surface area contributed by atoms with Crippen molar-refractivity contribution < 1.29 is 19.0 Å². The zero-order valence-electron chi connectivity index (χ0n) is 6.83. The molecule has 0 amide bonds. The van der Waals surface area contributed by atoms with Gasteiger partial charge in [-0.15, -0.1) is 0 Å². The van der Waals surface area contributed by atoms with E-state index >= 15 is 0 Å². The predicted octanol–water partition coefficient (Wildman–Crippen LogP) is 0.612. The number of alkyl halides is 1. The van der Waals surface area contributed by atoms with Crippen LogP contribution in [0.4, 0.5) is 4.39 Å². The molecule has 1 saturated carbocycles. The molecule has 1 heterocycles. The molecule has 2 fully saturated rings. The molecule has 2 aliphatic rings. The molecule has 0 radical (unpaired) electrons. The van der Waals surface area contributed by atoms with Gasteiger partial charge in [0.2, 0.25) is 0 Å². The van der Waals surface area contributed by atoms with Gasteiger partial charge in [-0.25, -0.2) is 4.39 Å². The van der Waals surface area contributed by atoms with Gasteiger partial charge in [0.15, 0.2) is 5.79 Å². The quantitative estimate of drug-likeness (QED) is 0.587. The lowest BCUT2D eigenvalue weighted by molar-refractivity contribution is -0.203. The van der Waals surface area contributed by atoms with E-state index in [4.69, 9.17) is 14.6 Å². The van der Waals surface area contributed by atoms with Gasteiger partial charge >= 0.3 is 0 Å². The third-order valence-electron chi connectivity index (χ3n) is 2.56. The number of ether oxygens (including phenoxy) is 2. The zero-order valence-corrected chi connectivity index (χ0v) is 6.83. The number of rotatable bonds is 0. The first-order chi connectivity index (χ1) is 5.72. The van der Waals surface area contributed by atoms with Crippen molar-refractivity contribution in [2.45, 2.75) is 37.3 Å². The number of hydrogen-bond donors (Lipinski definition) is 1. The molecule has 3 nitrogen and oxygen atoms in total. The van der Waals surface area contributed by atoms with E-state index in [1.54, 1.807) is 0 Å². The smallest absolute Gasteiger partial charge is 0.171 e. The number of aliphatic hydroxyl groups excluding tert-OH is 1. The summed E-state index contributed by atoms with van der Waals surface area (Å²) in [6.45, 7) is 1.09. The van der Waals surface area contributed by atoms with E-state index < -0.39 is 18.1 Å². The molecule has 2 atom stereocenters. The topological polar surface area (TPSA) is 38.7 Å². The van der Waals surface area contributed by atoms with Gasteiger partial charge in [0.05, 0.1) is 19.3 Å². The summed E-state index contributed by atoms with van der Waals surface area (Å²) in [5, 5.41) is 9.14. The third-order valence-corrected chi connectivity index (χ3v) is 2.56. The van der Waals surface area contributed by atoms with Gasteiger partial charge in [0.25, 0.3) is 0 Å². The molecule has 12 heavy (non-hydrogen) atoms. The van der Waals surface area contributed by atoms with Crippen LogP contribution in [0.25, 0.3) is 0 Å². The second-order valence-corrected chi connectivity index (χ2v) is 3.43. The van der Waals surface area contributed by atoms with Crippen LogP contribution in [-0.2, 0) is 9.47 Å². The van der Waals surface area contributed by atoms with E-state index in [1.807, 2.05) is 0 Å². The summed E-state index contributed by atoms with van der Waals surface area (Å²) in [6.07, 6.45) is -0.815. The van der Waals surface area contributed by atoms with Crippen molar-refractivity contribution in [1.29, 1.82) is 0 Å². The minimum absolute atomic E-state index is 0.175. The first-order valence-corrected chi connectivity index (χ1v) is 4.32. The second-order valence-electron chi connectivity index (χ2n) is 3.43. The molecule has 4 heteroatoms. The second kappa shape index (κ2) is 2.94. The van der Waals surface area contributed by atoms with Crippen LogP contribution >= 0.6 is 0 Å². The van der Waals surface area contributed by atoms with Crippen LogP contribution in [0, 0.1) is 0 Å². The van der Waals surface area contributed by atoms with Gasteiger partial charge in [0, 0.05) is 12.8 Å². The summed E-state index contributed by atoms with van der Waals surface area (Å²) in [7, 11) is 0. The Bertz CT molecular complexity index is 168. The Morgan fingerprint density at radius 2 is 2.00 bits per heavy atom. The molecular formula is C8H13FO3. The van der Waals surface area contributed by atoms with Gasteiger partial charge in [-0.05, 0) is 6.42 Å². The van der Waals surface area contributed by atoms with Gasteiger partial charge in [-0.3, -0.25) is 0 Å². The number of halogens is 1. The minimum Gasteiger partial charge on any atom is -0.390 e. The average molecular weight is 176 g/mol. The molecule has 1 saturated heterocycles. The molecule has 0 aromatic heterocycles. The molecular weight excluding hydrogens is 163 g/mol. The van der Waals surface area contributed by atoms with Crippen LogP contribution in [0.15, 0.2) is 0 Å². The molecule has 1 aliphatic heterocycles. The molecule has 0 aromatic rings. The van der Waals surface area contributed by atoms with E-state index in [0.29, 0.717) is 26.1 Å². The lowest BCUT2D eigenvalue weighted by atomic mass is 9.90. The van der Waals surface area contributed by atoms with Gasteiger partial charge in [-0.2, -0.15) is 0 Å². The van der Waals surface area contributed by atoms with Crippen LogP contribution in [-0.4, -0.2) is 36.4 Å². The lowest BCUT2D eigenvalue weighted by Gasteiger charge is -2.35. The van der Waals surface area contributed by atoms with Gasteiger partial charge in [0.1, 0.15) is 6.17 Å². The Kier molecular flexibility index (Phi) is 2.06. The maximum absolute atomic E-state index is 13.1. The highest BCUT2D eigenvalue weighted by molar-refractivity contribution is 4.87. The molecule has 0 bridgehead atoms. The highest BCUT2D eigenvalue weighted by atomic mass is 19.1. The Labute approximate surface area is 70.5 Å². The predicted molar refractivity (Wildman–Crippen MR) is 39.4 cm³/mol. The Morgan fingerprint density at radius 3 is 2.58 bits per heavy atom. The van der Waals surface area contributed by atoms with Crippen molar-refractivity contribution in [2.75, 3.05) is 13.2 Å². The maximum Gasteiger partial charge on any atom is 0.171 e. The van der Waals surface area contributed by atoms with Crippen molar-refractivity contribution in [3.8, 4) is 0 Å². The van der Waals surface area contributed by atoms with Crippen molar-refractivity contribution in [2.24, 2.45) is 0 Å². The maximum atomic E-state index is 13.1. The summed E-state index contributed by atoms with van der Waals surface area (Å²) in [5.41, 5.74) is 0. The normalized spacial score (nSPS) is 40.5. The largest absolute Gasteiger partial charge is 0.390 e. The van der Waals surface area contributed by atoms with Crippen LogP contribution in [0.3, 0.4) is 0 Å². The summed E-state index contributed by atoms with van der Waals surface area (Å²) >= 11 is 0. The number of aliphatic hydroxyl groups is 1. The van der Waals surface area contributed by atoms with Crippen LogP contribution in [0.2, 0.25) is 0 Å². The standard InChI is InChI=1S/C8H13FO3/c9-6-5-8(2-1-7(6)10)11-3-4-12-8/h6-7,10H,1-5H2/t6-,7-/m1/s1. The molecule has 70 valence electrons. The van der Waals surface area contributed by atoms with Crippen LogP contribution < -0.4 is 0 Å². The van der Waals surface area contributed by atoms with E-state index in [1.165, 1.54) is 0 Å². The highest BCUT2D eigenvalue weighted by Crippen LogP contribution is 2.36. The van der Waals surface area contributed by atoms with E-state index in [2.05, 4.69) is 0 Å². The van der Waals surface area contributed by atoms with Crippen LogP contribution in [0.5, 0.6) is 0 Å². The minimum atomic E-state index is -1.20. The van der Waals surface area contributed by atoms with E-state index in [9.17, 15) is 4.39 Å². The van der Waals surface area contributed by atoms with Crippen molar-refractivity contribution in [3.05, 3.63) is 0 Å². The average Bonchev–Trinajstić information content (AvgIpc) is 2.47. The SMILES string of the molecule is O[C@@H]1CCC2(C[C@H]1F)OCCO2. The fourth-order valence-corrected chi connectivity index (χ4v) is 1.84. The molecule has 1 spiro atoms. The van der Waals surface area contributed by atoms with Crippen molar-refractivity contribution >= 4 is 0 Å². The fraction of sp³-hybridized carbons (Fsp3) is 1.00. The van der Waals surface area contributed by atoms with E-state index in [0.717, 1.165) is 0 Å². The van der Waals surface area contributed by atoms with Crippen LogP contribution in [0.1, 0.15) is 19.3 Å². The molecule has 2 rings (SSSR count). The molecule has 0 unspecified atom stereocenters. The van der Waals surface area contributed by atoms with Gasteiger partial charge < -0.3 is 14.6 Å². The van der Waals surface area contributed by atoms with Crippen molar-refractivity contribution in [1.82, 2.24) is 0 Å². The third kappa shape index (κ3) is 1.34. The lowest BCUT2D eigenvalue weighted by Crippen LogP contribution is -2.43. The Morgan fingerprint density at radius 1 is 1.33 bits per heavy atom. The molecule has 0 aromatic carbocycles. The number of hydrogen-bond acceptors (Lipinski definition) is 3. The summed E-state index contributed by atoms with van der Waals surface area (Å²) in [5.74, 6) is -0.710. The summed E-state index contributed by atoms with van der Waals surface area (Å²) in [4.78, 5) is 0. The first-order valence-electron chi connectivity index (χ1n) is 4.32. The fourth-order valence-electron chi connectivity index (χ4n) is 1.84. The van der Waals surface area contributed by atoms with Crippen molar-refractivity contribution in [3.63, 3.8) is 0 Å². The summed E-state index contributed by atoms with van der Waals surface area (Å²) < 4.78 is 23.7. The molecule has 1 N–H and O–H groups in total. The first kappa shape index (κ1) is 8.41. The van der Waals surface area contributed by atoms with Gasteiger partial charge in [-0.1, -0.05) is 0 Å². The zero-order chi connectivity index (χ0) is 8.60. The van der Waals surface area contributed by atoms with E-state index in [-0.39, 0.29) is 6.42 Å². The summed E-state index contributed by atoms with van der Waals surface area (Å²) in [6, 6.07) is 0. The Hall–Kier alpha value is -0.190. The molecule has 1 aliphatic carbocycles.